The average Bonchev–Trinajstić information content (AvgIpc) is 2.75. The molecular formula is C24H38O7. The Bertz CT molecular complexity index is 528. The van der Waals surface area contributed by atoms with Gasteiger partial charge in [0.25, 0.3) is 0 Å². The highest BCUT2D eigenvalue weighted by Crippen LogP contribution is 2.05. The topological polar surface area (TPSA) is 96.0 Å². The van der Waals surface area contributed by atoms with Crippen LogP contribution in [-0.4, -0.2) is 23.9 Å². The quantitative estimate of drug-likeness (QED) is 0.0894. The number of allylic oxidation sites excluding steroid dienone is 2. The van der Waals surface area contributed by atoms with E-state index >= 15 is 0 Å². The Hall–Kier alpha value is -2.44. The van der Waals surface area contributed by atoms with Crippen LogP contribution in [0.5, 0.6) is 0 Å². The van der Waals surface area contributed by atoms with E-state index in [4.69, 9.17) is 9.47 Å². The van der Waals surface area contributed by atoms with E-state index in [1.165, 1.54) is 25.4 Å². The smallest absolute Gasteiger partial charge is 0.314 e. The van der Waals surface area contributed by atoms with Gasteiger partial charge >= 0.3 is 23.9 Å². The highest BCUT2D eigenvalue weighted by molar-refractivity contribution is 5.88. The first-order valence-electron chi connectivity index (χ1n) is 11.4. The number of hydrogen-bond donors (Lipinski definition) is 0. The van der Waals surface area contributed by atoms with Crippen LogP contribution in [0.2, 0.25) is 0 Å². The van der Waals surface area contributed by atoms with Gasteiger partial charge in [0.1, 0.15) is 0 Å². The second-order valence-corrected chi connectivity index (χ2v) is 7.27. The molecule has 0 atom stereocenters. The Morgan fingerprint density at radius 1 is 0.548 bits per heavy atom. The molecule has 0 unspecified atom stereocenters. The number of unbranched alkanes of at least 4 members (excludes halogenated alkanes) is 8. The van der Waals surface area contributed by atoms with E-state index in [0.29, 0.717) is 0 Å². The van der Waals surface area contributed by atoms with Gasteiger partial charge in [-0.3, -0.25) is 19.2 Å². The van der Waals surface area contributed by atoms with E-state index in [1.807, 2.05) is 0 Å². The summed E-state index contributed by atoms with van der Waals surface area (Å²) in [4.78, 5) is 46.3. The van der Waals surface area contributed by atoms with E-state index in [-0.39, 0.29) is 25.7 Å². The van der Waals surface area contributed by atoms with Gasteiger partial charge in [-0.15, -0.1) is 0 Å². The zero-order valence-corrected chi connectivity index (χ0v) is 19.1. The van der Waals surface area contributed by atoms with Crippen LogP contribution in [0.3, 0.4) is 0 Å². The summed E-state index contributed by atoms with van der Waals surface area (Å²) in [5, 5.41) is 0. The van der Waals surface area contributed by atoms with Gasteiger partial charge in [0.15, 0.2) is 0 Å². The minimum absolute atomic E-state index is 0.183. The lowest BCUT2D eigenvalue weighted by Gasteiger charge is -2.03. The summed E-state index contributed by atoms with van der Waals surface area (Å²) in [6.45, 7) is 4.28. The van der Waals surface area contributed by atoms with E-state index in [0.717, 1.165) is 51.4 Å². The van der Waals surface area contributed by atoms with Crippen LogP contribution in [-0.2, 0) is 33.4 Å². The van der Waals surface area contributed by atoms with Crippen molar-refractivity contribution in [1.82, 2.24) is 0 Å². The Morgan fingerprint density at radius 3 is 1.32 bits per heavy atom. The highest BCUT2D eigenvalue weighted by Gasteiger charge is 2.14. The number of rotatable bonds is 18. The predicted molar refractivity (Wildman–Crippen MR) is 118 cm³/mol. The summed E-state index contributed by atoms with van der Waals surface area (Å²) in [5.74, 6) is -2.80. The van der Waals surface area contributed by atoms with Gasteiger partial charge in [-0.1, -0.05) is 52.4 Å². The SMILES string of the molecule is CCCCCCC=COC(=O)CCC(=O)OC(=O)CCC(=O)OC=CCCCCCC. The van der Waals surface area contributed by atoms with Crippen LogP contribution in [0.25, 0.3) is 0 Å². The third-order valence-electron chi connectivity index (χ3n) is 4.33. The molecule has 7 heteroatoms. The molecule has 0 bridgehead atoms. The molecule has 0 spiro atoms. The molecule has 176 valence electrons. The van der Waals surface area contributed by atoms with Crippen LogP contribution in [0.1, 0.15) is 104 Å². The van der Waals surface area contributed by atoms with Crippen molar-refractivity contribution in [3.8, 4) is 0 Å². The predicted octanol–water partition coefficient (Wildman–Crippen LogP) is 5.67. The van der Waals surface area contributed by atoms with Crippen LogP contribution in [0.15, 0.2) is 24.7 Å². The molecule has 0 heterocycles. The lowest BCUT2D eigenvalue weighted by molar-refractivity contribution is -0.162. The molecule has 0 aliphatic heterocycles. The Balaban J connectivity index is 3.78. The van der Waals surface area contributed by atoms with E-state index in [1.54, 1.807) is 12.2 Å². The first-order chi connectivity index (χ1) is 15.0. The zero-order chi connectivity index (χ0) is 23.2. The molecule has 0 N–H and O–H groups in total. The Morgan fingerprint density at radius 2 is 0.935 bits per heavy atom. The highest BCUT2D eigenvalue weighted by atomic mass is 16.6. The molecule has 7 nitrogen and oxygen atoms in total. The van der Waals surface area contributed by atoms with Gasteiger partial charge in [0.2, 0.25) is 0 Å². The number of carbonyl (C=O) groups is 4. The van der Waals surface area contributed by atoms with Gasteiger partial charge in [-0.25, -0.2) is 0 Å². The summed E-state index contributed by atoms with van der Waals surface area (Å²) in [7, 11) is 0. The van der Waals surface area contributed by atoms with Crippen LogP contribution in [0, 0.1) is 0 Å². The molecule has 0 rings (SSSR count). The van der Waals surface area contributed by atoms with Crippen molar-refractivity contribution >= 4 is 23.9 Å². The number of carbonyl (C=O) groups excluding carboxylic acids is 4. The summed E-state index contributed by atoms with van der Waals surface area (Å²) < 4.78 is 14.3. The third kappa shape index (κ3) is 20.6. The Labute approximate surface area is 186 Å². The lowest BCUT2D eigenvalue weighted by Crippen LogP contribution is -2.15. The Kier molecular flexibility index (Phi) is 19.2. The van der Waals surface area contributed by atoms with E-state index < -0.39 is 23.9 Å². The molecule has 0 aliphatic carbocycles. The molecule has 0 aliphatic rings. The maximum Gasteiger partial charge on any atom is 0.314 e. The van der Waals surface area contributed by atoms with Gasteiger partial charge in [0.05, 0.1) is 38.2 Å². The molecular weight excluding hydrogens is 400 g/mol. The van der Waals surface area contributed by atoms with Crippen LogP contribution < -0.4 is 0 Å². The lowest BCUT2D eigenvalue weighted by atomic mass is 10.1. The van der Waals surface area contributed by atoms with Gasteiger partial charge in [0, 0.05) is 0 Å². The number of ether oxygens (including phenoxy) is 3. The molecule has 0 aromatic carbocycles. The summed E-state index contributed by atoms with van der Waals surface area (Å²) in [5.41, 5.74) is 0. The second kappa shape index (κ2) is 20.8. The third-order valence-corrected chi connectivity index (χ3v) is 4.33. The standard InChI is InChI=1S/C24H38O7/c1-3-5-7-9-11-13-19-29-21(25)15-17-23(27)31-24(28)18-16-22(26)30-20-14-12-10-8-6-4-2/h13-14,19-20H,3-12,15-18H2,1-2H3. The monoisotopic (exact) mass is 438 g/mol. The van der Waals surface area contributed by atoms with Crippen molar-refractivity contribution in [2.75, 3.05) is 0 Å². The van der Waals surface area contributed by atoms with E-state index in [9.17, 15) is 19.2 Å². The van der Waals surface area contributed by atoms with Crippen molar-refractivity contribution in [3.63, 3.8) is 0 Å². The first kappa shape index (κ1) is 28.6. The average molecular weight is 439 g/mol. The fourth-order valence-corrected chi connectivity index (χ4v) is 2.52. The number of esters is 4. The van der Waals surface area contributed by atoms with Crippen LogP contribution in [0.4, 0.5) is 0 Å². The zero-order valence-electron chi connectivity index (χ0n) is 19.1. The molecule has 31 heavy (non-hydrogen) atoms. The molecule has 0 fully saturated rings. The largest absolute Gasteiger partial charge is 0.435 e. The van der Waals surface area contributed by atoms with Crippen molar-refractivity contribution < 1.29 is 33.4 Å². The summed E-state index contributed by atoms with van der Waals surface area (Å²) >= 11 is 0. The molecule has 0 saturated carbocycles. The maximum absolute atomic E-state index is 11.6. The molecule has 0 aromatic rings. The minimum Gasteiger partial charge on any atom is -0.435 e. The molecule has 0 amide bonds. The van der Waals surface area contributed by atoms with Gasteiger partial charge < -0.3 is 14.2 Å². The molecule has 0 radical (unpaired) electrons. The second-order valence-electron chi connectivity index (χ2n) is 7.27. The van der Waals surface area contributed by atoms with Gasteiger partial charge in [-0.2, -0.15) is 0 Å². The van der Waals surface area contributed by atoms with Gasteiger partial charge in [-0.05, 0) is 37.8 Å². The minimum atomic E-state index is -0.828. The van der Waals surface area contributed by atoms with Crippen molar-refractivity contribution in [2.24, 2.45) is 0 Å². The fraction of sp³-hybridized carbons (Fsp3) is 0.667. The van der Waals surface area contributed by atoms with Crippen molar-refractivity contribution in [1.29, 1.82) is 0 Å². The van der Waals surface area contributed by atoms with Crippen molar-refractivity contribution in [2.45, 2.75) is 104 Å². The van der Waals surface area contributed by atoms with Crippen molar-refractivity contribution in [3.05, 3.63) is 24.7 Å². The molecule has 0 saturated heterocycles. The number of hydrogen-bond acceptors (Lipinski definition) is 7. The normalized spacial score (nSPS) is 11.0. The fourth-order valence-electron chi connectivity index (χ4n) is 2.52. The summed E-state index contributed by atoms with van der Waals surface area (Å²) in [6.07, 6.45) is 16.0. The maximum atomic E-state index is 11.6. The van der Waals surface area contributed by atoms with Crippen LogP contribution >= 0.6 is 0 Å². The summed E-state index contributed by atoms with van der Waals surface area (Å²) in [6, 6.07) is 0. The molecule has 0 aromatic heterocycles. The van der Waals surface area contributed by atoms with E-state index in [2.05, 4.69) is 18.6 Å². The first-order valence-corrected chi connectivity index (χ1v) is 11.4.